The molecule has 2 atom stereocenters. The summed E-state index contributed by atoms with van der Waals surface area (Å²) in [5, 5.41) is 0. The van der Waals surface area contributed by atoms with Gasteiger partial charge in [0.1, 0.15) is 0 Å². The lowest BCUT2D eigenvalue weighted by Gasteiger charge is -2.14. The summed E-state index contributed by atoms with van der Waals surface area (Å²) >= 11 is 0. The molecule has 0 aromatic heterocycles. The van der Waals surface area contributed by atoms with E-state index in [0.717, 1.165) is 11.4 Å². The maximum absolute atomic E-state index is 4.67. The van der Waals surface area contributed by atoms with Gasteiger partial charge < -0.3 is 0 Å². The Kier molecular flexibility index (Phi) is 6.54. The first-order valence-electron chi connectivity index (χ1n) is 6.34. The van der Waals surface area contributed by atoms with Gasteiger partial charge >= 0.3 is 0 Å². The molecular formula is C14H28N2. The molecule has 0 radical (unpaired) electrons. The average molecular weight is 224 g/mol. The predicted molar refractivity (Wildman–Crippen MR) is 74.8 cm³/mol. The predicted octanol–water partition coefficient (Wildman–Crippen LogP) is 4.00. The molecule has 0 fully saturated rings. The van der Waals surface area contributed by atoms with Gasteiger partial charge in [0.05, 0.1) is 11.4 Å². The van der Waals surface area contributed by atoms with Crippen LogP contribution in [0.5, 0.6) is 0 Å². The Labute approximate surface area is 101 Å². The van der Waals surface area contributed by atoms with Crippen molar-refractivity contribution in [2.45, 2.75) is 67.5 Å². The molecule has 0 spiro atoms. The average Bonchev–Trinajstić information content (AvgIpc) is 2.16. The molecule has 16 heavy (non-hydrogen) atoms. The van der Waals surface area contributed by atoms with Crippen molar-refractivity contribution < 1.29 is 0 Å². The minimum atomic E-state index is 0.375. The molecule has 0 saturated carbocycles. The molecule has 2 heteroatoms. The van der Waals surface area contributed by atoms with E-state index in [1.165, 1.54) is 0 Å². The highest BCUT2D eigenvalue weighted by molar-refractivity contribution is 6.40. The number of rotatable bonds is 5. The smallest absolute Gasteiger partial charge is 0.0528 e. The molecule has 0 bridgehead atoms. The van der Waals surface area contributed by atoms with Crippen molar-refractivity contribution in [2.24, 2.45) is 21.8 Å². The van der Waals surface area contributed by atoms with Crippen molar-refractivity contribution in [3.63, 3.8) is 0 Å². The lowest BCUT2D eigenvalue weighted by atomic mass is 10.1. The Morgan fingerprint density at radius 1 is 0.625 bits per heavy atom. The Bertz CT molecular complexity index is 234. The normalized spacial score (nSPS) is 18.1. The van der Waals surface area contributed by atoms with E-state index in [1.807, 2.05) is 0 Å². The molecule has 2 unspecified atom stereocenters. The first-order valence-corrected chi connectivity index (χ1v) is 6.34. The molecule has 2 nitrogen and oxygen atoms in total. The second kappa shape index (κ2) is 6.82. The number of hydrogen-bond acceptors (Lipinski definition) is 2. The SMILES string of the molecule is CC(=NC(C)C(C)C)C(C)=NC(C)C(C)C. The third-order valence-electron chi connectivity index (χ3n) is 3.25. The summed E-state index contributed by atoms with van der Waals surface area (Å²) in [6.45, 7) is 17.2. The summed E-state index contributed by atoms with van der Waals surface area (Å²) in [5.74, 6) is 1.18. The van der Waals surface area contributed by atoms with Crippen molar-refractivity contribution in [2.75, 3.05) is 0 Å². The van der Waals surface area contributed by atoms with Gasteiger partial charge in [-0.15, -0.1) is 0 Å². The van der Waals surface area contributed by atoms with Crippen molar-refractivity contribution in [1.29, 1.82) is 0 Å². The molecule has 0 rings (SSSR count). The van der Waals surface area contributed by atoms with Crippen molar-refractivity contribution in [1.82, 2.24) is 0 Å². The molecule has 0 heterocycles. The van der Waals surface area contributed by atoms with Gasteiger partial charge in [0.15, 0.2) is 0 Å². The summed E-state index contributed by atoms with van der Waals surface area (Å²) in [6, 6.07) is 0.749. The van der Waals surface area contributed by atoms with Crippen LogP contribution in [0.3, 0.4) is 0 Å². The van der Waals surface area contributed by atoms with Gasteiger partial charge in [0, 0.05) is 12.1 Å². The molecule has 0 aromatic carbocycles. The number of hydrogen-bond donors (Lipinski definition) is 0. The monoisotopic (exact) mass is 224 g/mol. The molecular weight excluding hydrogens is 196 g/mol. The van der Waals surface area contributed by atoms with E-state index >= 15 is 0 Å². The van der Waals surface area contributed by atoms with Gasteiger partial charge in [-0.25, -0.2) is 0 Å². The first kappa shape index (κ1) is 15.3. The maximum atomic E-state index is 4.67. The van der Waals surface area contributed by atoms with Gasteiger partial charge in [-0.1, -0.05) is 27.7 Å². The van der Waals surface area contributed by atoms with Gasteiger partial charge in [-0.3, -0.25) is 9.98 Å². The minimum Gasteiger partial charge on any atom is -0.285 e. The minimum absolute atomic E-state index is 0.375. The van der Waals surface area contributed by atoms with Crippen molar-refractivity contribution in [3.8, 4) is 0 Å². The highest BCUT2D eigenvalue weighted by Crippen LogP contribution is 2.08. The van der Waals surface area contributed by atoms with Gasteiger partial charge in [0.2, 0.25) is 0 Å². The quantitative estimate of drug-likeness (QED) is 0.631. The molecule has 0 saturated heterocycles. The summed E-state index contributed by atoms with van der Waals surface area (Å²) < 4.78 is 0. The maximum Gasteiger partial charge on any atom is 0.0528 e. The largest absolute Gasteiger partial charge is 0.285 e. The molecule has 0 aliphatic rings. The van der Waals surface area contributed by atoms with Crippen LogP contribution in [-0.2, 0) is 0 Å². The molecule has 0 amide bonds. The van der Waals surface area contributed by atoms with Crippen LogP contribution >= 0.6 is 0 Å². The summed E-state index contributed by atoms with van der Waals surface area (Å²) in [4.78, 5) is 9.35. The summed E-state index contributed by atoms with van der Waals surface area (Å²) in [6.07, 6.45) is 0. The fraction of sp³-hybridized carbons (Fsp3) is 0.857. The molecule has 0 aromatic rings. The van der Waals surface area contributed by atoms with Crippen LogP contribution in [0.2, 0.25) is 0 Å². The van der Waals surface area contributed by atoms with Gasteiger partial charge in [-0.05, 0) is 39.5 Å². The zero-order chi connectivity index (χ0) is 12.9. The molecule has 0 N–H and O–H groups in total. The van der Waals surface area contributed by atoms with Crippen LogP contribution in [0.1, 0.15) is 55.4 Å². The van der Waals surface area contributed by atoms with Gasteiger partial charge in [-0.2, -0.15) is 0 Å². The Hall–Kier alpha value is -0.660. The van der Waals surface area contributed by atoms with Crippen molar-refractivity contribution in [3.05, 3.63) is 0 Å². The van der Waals surface area contributed by atoms with E-state index in [9.17, 15) is 0 Å². The first-order chi connectivity index (χ1) is 7.25. The van der Waals surface area contributed by atoms with Crippen LogP contribution in [0.4, 0.5) is 0 Å². The van der Waals surface area contributed by atoms with E-state index < -0.39 is 0 Å². The zero-order valence-electron chi connectivity index (χ0n) is 12.2. The Morgan fingerprint density at radius 3 is 1.06 bits per heavy atom. The van der Waals surface area contributed by atoms with Crippen molar-refractivity contribution >= 4 is 11.4 Å². The second-order valence-corrected chi connectivity index (χ2v) is 5.40. The fourth-order valence-electron chi connectivity index (χ4n) is 1.10. The highest BCUT2D eigenvalue weighted by atomic mass is 14.8. The Morgan fingerprint density at radius 2 is 0.875 bits per heavy atom. The summed E-state index contributed by atoms with van der Waals surface area (Å²) in [5.41, 5.74) is 2.16. The lowest BCUT2D eigenvalue weighted by molar-refractivity contribution is 0.529. The van der Waals surface area contributed by atoms with Crippen LogP contribution in [0.25, 0.3) is 0 Å². The summed E-state index contributed by atoms with van der Waals surface area (Å²) in [7, 11) is 0. The van der Waals surface area contributed by atoms with Crippen LogP contribution < -0.4 is 0 Å². The third-order valence-corrected chi connectivity index (χ3v) is 3.25. The second-order valence-electron chi connectivity index (χ2n) is 5.40. The third kappa shape index (κ3) is 5.43. The van der Waals surface area contributed by atoms with E-state index in [-0.39, 0.29) is 0 Å². The number of nitrogens with zero attached hydrogens (tertiary/aromatic N) is 2. The van der Waals surface area contributed by atoms with E-state index in [2.05, 4.69) is 65.4 Å². The van der Waals surface area contributed by atoms with E-state index in [1.54, 1.807) is 0 Å². The Balaban J connectivity index is 4.66. The van der Waals surface area contributed by atoms with E-state index in [4.69, 9.17) is 0 Å². The standard InChI is InChI=1S/C14H28N2/c1-9(2)11(5)15-13(7)14(8)16-12(6)10(3)4/h9-12H,1-8H3. The van der Waals surface area contributed by atoms with Crippen LogP contribution in [0.15, 0.2) is 9.98 Å². The lowest BCUT2D eigenvalue weighted by Crippen LogP contribution is -2.17. The zero-order valence-corrected chi connectivity index (χ0v) is 12.2. The van der Waals surface area contributed by atoms with Gasteiger partial charge in [0.25, 0.3) is 0 Å². The fourth-order valence-corrected chi connectivity index (χ4v) is 1.10. The molecule has 94 valence electrons. The highest BCUT2D eigenvalue weighted by Gasteiger charge is 2.09. The van der Waals surface area contributed by atoms with E-state index in [0.29, 0.717) is 23.9 Å². The van der Waals surface area contributed by atoms with Crippen LogP contribution in [-0.4, -0.2) is 23.5 Å². The molecule has 0 aliphatic heterocycles. The van der Waals surface area contributed by atoms with Crippen LogP contribution in [0, 0.1) is 11.8 Å². The molecule has 0 aliphatic carbocycles. The topological polar surface area (TPSA) is 24.7 Å². The number of aliphatic imine (C=N–C) groups is 2.